The molecule has 0 radical (unpaired) electrons. The summed E-state index contributed by atoms with van der Waals surface area (Å²) >= 11 is 3.46. The molecule has 2 nitrogen and oxygen atoms in total. The van der Waals surface area contributed by atoms with Gasteiger partial charge in [-0.1, -0.05) is 61.4 Å². The van der Waals surface area contributed by atoms with Crippen LogP contribution in [0.4, 0.5) is 0 Å². The number of hydrogen-bond acceptors (Lipinski definition) is 2. The lowest BCUT2D eigenvalue weighted by molar-refractivity contribution is 0.300. The smallest absolute Gasteiger partial charge is 0.141 e. The third-order valence-corrected chi connectivity index (χ3v) is 3.73. The van der Waals surface area contributed by atoms with Gasteiger partial charge < -0.3 is 4.74 Å². The van der Waals surface area contributed by atoms with Crippen LogP contribution in [-0.4, -0.2) is 11.6 Å². The lowest BCUT2D eigenvalue weighted by atomic mass is 10.1. The Labute approximate surface area is 126 Å². The maximum Gasteiger partial charge on any atom is 0.141 e. The molecule has 0 aliphatic rings. The van der Waals surface area contributed by atoms with Gasteiger partial charge in [0.25, 0.3) is 0 Å². The zero-order valence-corrected chi connectivity index (χ0v) is 13.8. The number of halogens is 1. The summed E-state index contributed by atoms with van der Waals surface area (Å²) in [5, 5.41) is 0.751. The summed E-state index contributed by atoms with van der Waals surface area (Å²) in [5.74, 6) is 0.924. The Kier molecular flexibility index (Phi) is 8.89. The summed E-state index contributed by atoms with van der Waals surface area (Å²) in [4.78, 5) is 4.47. The van der Waals surface area contributed by atoms with E-state index in [2.05, 4.69) is 27.8 Å². The molecule has 1 rings (SSSR count). The van der Waals surface area contributed by atoms with Crippen molar-refractivity contribution in [2.24, 2.45) is 0 Å². The van der Waals surface area contributed by atoms with Crippen LogP contribution >= 0.6 is 15.9 Å². The first-order valence-electron chi connectivity index (χ1n) is 7.43. The highest BCUT2D eigenvalue weighted by molar-refractivity contribution is 9.08. The van der Waals surface area contributed by atoms with Gasteiger partial charge in [-0.15, -0.1) is 0 Å². The zero-order valence-electron chi connectivity index (χ0n) is 12.3. The molecule has 0 saturated heterocycles. The van der Waals surface area contributed by atoms with E-state index in [0.29, 0.717) is 0 Å². The van der Waals surface area contributed by atoms with Crippen LogP contribution in [0.3, 0.4) is 0 Å². The van der Waals surface area contributed by atoms with Gasteiger partial charge in [-0.05, 0) is 25.5 Å². The van der Waals surface area contributed by atoms with E-state index in [4.69, 9.17) is 4.74 Å². The van der Waals surface area contributed by atoms with Crippen LogP contribution in [-0.2, 0) is 5.33 Å². The van der Waals surface area contributed by atoms with Gasteiger partial charge in [-0.25, -0.2) is 0 Å². The van der Waals surface area contributed by atoms with E-state index in [1.807, 2.05) is 19.1 Å². The van der Waals surface area contributed by atoms with Gasteiger partial charge in [-0.3, -0.25) is 4.98 Å². The maximum atomic E-state index is 5.82. The first-order valence-corrected chi connectivity index (χ1v) is 8.55. The van der Waals surface area contributed by atoms with E-state index in [-0.39, 0.29) is 0 Å². The second-order valence-electron chi connectivity index (χ2n) is 5.00. The molecule has 0 spiro atoms. The summed E-state index contributed by atoms with van der Waals surface area (Å²) in [5.41, 5.74) is 2.04. The van der Waals surface area contributed by atoms with Crippen molar-refractivity contribution < 1.29 is 4.74 Å². The van der Waals surface area contributed by atoms with Crippen molar-refractivity contribution in [1.82, 2.24) is 4.98 Å². The molecule has 0 atom stereocenters. The lowest BCUT2D eigenvalue weighted by Crippen LogP contribution is -2.01. The molecular formula is C16H26BrNO. The minimum Gasteiger partial charge on any atom is -0.492 e. The Hall–Kier alpha value is -0.570. The molecule has 0 amide bonds. The summed E-state index contributed by atoms with van der Waals surface area (Å²) in [6.45, 7) is 5.07. The van der Waals surface area contributed by atoms with Gasteiger partial charge in [0.05, 0.1) is 12.3 Å². The Bertz CT molecular complexity index is 355. The Balaban J connectivity index is 2.15. The first kappa shape index (κ1) is 16.5. The molecule has 0 bridgehead atoms. The number of alkyl halides is 1. The van der Waals surface area contributed by atoms with Crippen LogP contribution in [0.2, 0.25) is 0 Å². The molecule has 0 aromatic carbocycles. The molecule has 108 valence electrons. The van der Waals surface area contributed by atoms with Gasteiger partial charge in [0.2, 0.25) is 0 Å². The molecule has 1 aromatic rings. The van der Waals surface area contributed by atoms with Crippen molar-refractivity contribution >= 4 is 15.9 Å². The van der Waals surface area contributed by atoms with Crippen LogP contribution in [0.25, 0.3) is 0 Å². The SMILES string of the molecule is CCCCCCCCCOc1ccc(C)nc1CBr. The highest BCUT2D eigenvalue weighted by Gasteiger charge is 2.04. The summed E-state index contributed by atoms with van der Waals surface area (Å²) in [7, 11) is 0. The van der Waals surface area contributed by atoms with E-state index >= 15 is 0 Å². The Morgan fingerprint density at radius 1 is 1.05 bits per heavy atom. The number of aryl methyl sites for hydroxylation is 1. The first-order chi connectivity index (χ1) is 9.27. The van der Waals surface area contributed by atoms with Crippen molar-refractivity contribution in [3.8, 4) is 5.75 Å². The molecule has 1 heterocycles. The van der Waals surface area contributed by atoms with E-state index in [0.717, 1.165) is 35.5 Å². The second-order valence-corrected chi connectivity index (χ2v) is 5.56. The number of aromatic nitrogens is 1. The molecule has 3 heteroatoms. The highest BCUT2D eigenvalue weighted by atomic mass is 79.9. The van der Waals surface area contributed by atoms with Crippen LogP contribution in [0.5, 0.6) is 5.75 Å². The van der Waals surface area contributed by atoms with Crippen molar-refractivity contribution in [1.29, 1.82) is 0 Å². The van der Waals surface area contributed by atoms with Gasteiger partial charge >= 0.3 is 0 Å². The van der Waals surface area contributed by atoms with Crippen molar-refractivity contribution in [3.63, 3.8) is 0 Å². The predicted molar refractivity (Wildman–Crippen MR) is 85.1 cm³/mol. The minimum absolute atomic E-state index is 0.751. The number of pyridine rings is 1. The molecule has 0 aliphatic heterocycles. The number of hydrogen-bond donors (Lipinski definition) is 0. The number of ether oxygens (including phenoxy) is 1. The molecule has 0 saturated carbocycles. The summed E-state index contributed by atoms with van der Waals surface area (Å²) in [6.07, 6.45) is 9.19. The van der Waals surface area contributed by atoms with E-state index in [1.54, 1.807) is 0 Å². The zero-order chi connectivity index (χ0) is 13.9. The molecule has 1 aromatic heterocycles. The van der Waals surface area contributed by atoms with Gasteiger partial charge in [0, 0.05) is 11.0 Å². The fourth-order valence-electron chi connectivity index (χ4n) is 2.07. The summed E-state index contributed by atoms with van der Waals surface area (Å²) in [6, 6.07) is 4.03. The molecular weight excluding hydrogens is 302 g/mol. The van der Waals surface area contributed by atoms with Gasteiger partial charge in [0.15, 0.2) is 0 Å². The fraction of sp³-hybridized carbons (Fsp3) is 0.688. The minimum atomic E-state index is 0.751. The van der Waals surface area contributed by atoms with Crippen molar-refractivity contribution in [2.45, 2.75) is 64.1 Å². The molecule has 0 fully saturated rings. The highest BCUT2D eigenvalue weighted by Crippen LogP contribution is 2.20. The van der Waals surface area contributed by atoms with Gasteiger partial charge in [-0.2, -0.15) is 0 Å². The monoisotopic (exact) mass is 327 g/mol. The van der Waals surface area contributed by atoms with Crippen molar-refractivity contribution in [3.05, 3.63) is 23.5 Å². The largest absolute Gasteiger partial charge is 0.492 e. The van der Waals surface area contributed by atoms with Crippen LogP contribution in [0.15, 0.2) is 12.1 Å². The van der Waals surface area contributed by atoms with E-state index in [9.17, 15) is 0 Å². The molecule has 0 unspecified atom stereocenters. The second kappa shape index (κ2) is 10.2. The van der Waals surface area contributed by atoms with Gasteiger partial charge in [0.1, 0.15) is 5.75 Å². The average Bonchev–Trinajstić information content (AvgIpc) is 2.43. The van der Waals surface area contributed by atoms with Crippen LogP contribution in [0, 0.1) is 6.92 Å². The van der Waals surface area contributed by atoms with Crippen LogP contribution in [0.1, 0.15) is 63.3 Å². The van der Waals surface area contributed by atoms with E-state index in [1.165, 1.54) is 38.5 Å². The number of rotatable bonds is 10. The standard InChI is InChI=1S/C16H26BrNO/c1-3-4-5-6-7-8-9-12-19-16-11-10-14(2)18-15(16)13-17/h10-11H,3-9,12-13H2,1-2H3. The fourth-order valence-corrected chi connectivity index (χ4v) is 2.47. The third-order valence-electron chi connectivity index (χ3n) is 3.20. The number of nitrogens with zero attached hydrogens (tertiary/aromatic N) is 1. The average molecular weight is 328 g/mol. The number of unbranched alkanes of at least 4 members (excludes halogenated alkanes) is 6. The normalized spacial score (nSPS) is 10.7. The third kappa shape index (κ3) is 6.95. The quantitative estimate of drug-likeness (QED) is 0.423. The Morgan fingerprint density at radius 3 is 2.42 bits per heavy atom. The maximum absolute atomic E-state index is 5.82. The Morgan fingerprint density at radius 2 is 1.74 bits per heavy atom. The van der Waals surface area contributed by atoms with Crippen molar-refractivity contribution in [2.75, 3.05) is 6.61 Å². The van der Waals surface area contributed by atoms with E-state index < -0.39 is 0 Å². The molecule has 19 heavy (non-hydrogen) atoms. The predicted octanol–water partition coefficient (Wildman–Crippen LogP) is 5.41. The molecule has 0 N–H and O–H groups in total. The lowest BCUT2D eigenvalue weighted by Gasteiger charge is -2.10. The molecule has 0 aliphatic carbocycles. The topological polar surface area (TPSA) is 22.1 Å². The summed E-state index contributed by atoms with van der Waals surface area (Å²) < 4.78 is 5.82. The van der Waals surface area contributed by atoms with Crippen LogP contribution < -0.4 is 4.74 Å².